The number of nitrogens with one attached hydrogen (secondary N) is 1. The second-order valence-electron chi connectivity index (χ2n) is 6.57. The molecule has 0 spiro atoms. The largest absolute Gasteiger partial charge is 0.490 e. The van der Waals surface area contributed by atoms with Gasteiger partial charge in [-0.05, 0) is 56.5 Å². The number of benzene rings is 1. The fourth-order valence-corrected chi connectivity index (χ4v) is 5.11. The van der Waals surface area contributed by atoms with Gasteiger partial charge in [0.15, 0.2) is 9.84 Å². The number of piperidine rings is 1. The van der Waals surface area contributed by atoms with Crippen LogP contribution in [0.1, 0.15) is 34.3 Å². The summed E-state index contributed by atoms with van der Waals surface area (Å²) in [4.78, 5) is 20.8. The Morgan fingerprint density at radius 3 is 2.39 bits per heavy atom. The molecule has 0 bridgehead atoms. The van der Waals surface area contributed by atoms with E-state index in [0.717, 1.165) is 25.9 Å². The number of aliphatic carboxylic acids is 1. The maximum Gasteiger partial charge on any atom is 0.490 e. The van der Waals surface area contributed by atoms with Gasteiger partial charge in [-0.1, -0.05) is 0 Å². The van der Waals surface area contributed by atoms with Crippen LogP contribution in [-0.2, 0) is 26.0 Å². The summed E-state index contributed by atoms with van der Waals surface area (Å²) in [6.45, 7) is 3.70. The average molecular weight is 423 g/mol. The van der Waals surface area contributed by atoms with E-state index in [-0.39, 0.29) is 24.2 Å². The molecule has 3 rings (SSSR count). The Balaban J connectivity index is 0.000000345. The third-order valence-corrected chi connectivity index (χ3v) is 6.63. The first-order valence-electron chi connectivity index (χ1n) is 8.46. The van der Waals surface area contributed by atoms with Crippen LogP contribution in [0.15, 0.2) is 17.0 Å². The number of hydrogen-bond acceptors (Lipinski definition) is 6. The van der Waals surface area contributed by atoms with E-state index in [2.05, 4.69) is 5.32 Å². The summed E-state index contributed by atoms with van der Waals surface area (Å²) < 4.78 is 62.0. The summed E-state index contributed by atoms with van der Waals surface area (Å²) in [6.07, 6.45) is -3.30. The lowest BCUT2D eigenvalue weighted by atomic mass is 10.0. The smallest absolute Gasteiger partial charge is 0.475 e. The summed E-state index contributed by atoms with van der Waals surface area (Å²) >= 11 is 0. The Bertz CT molecular complexity index is 860. The third kappa shape index (κ3) is 5.22. The molecule has 1 aromatic carbocycles. The molecule has 0 atom stereocenters. The molecule has 28 heavy (non-hydrogen) atoms. The van der Waals surface area contributed by atoms with Crippen LogP contribution in [0.5, 0.6) is 0 Å². The van der Waals surface area contributed by atoms with Gasteiger partial charge in [-0.3, -0.25) is 0 Å². The molecule has 0 unspecified atom stereocenters. The van der Waals surface area contributed by atoms with Crippen molar-refractivity contribution in [2.24, 2.45) is 5.92 Å². The van der Waals surface area contributed by atoms with E-state index >= 15 is 0 Å². The fraction of sp³-hybridized carbons (Fsp3) is 0.529. The Hall–Kier alpha value is -2.14. The van der Waals surface area contributed by atoms with Gasteiger partial charge >= 0.3 is 18.1 Å². The molecule has 0 amide bonds. The monoisotopic (exact) mass is 423 g/mol. The minimum Gasteiger partial charge on any atom is -0.475 e. The van der Waals surface area contributed by atoms with Gasteiger partial charge in [0, 0.05) is 5.56 Å². The summed E-state index contributed by atoms with van der Waals surface area (Å²) in [5, 5.41) is 10.4. The zero-order valence-corrected chi connectivity index (χ0v) is 15.8. The van der Waals surface area contributed by atoms with Gasteiger partial charge in [0.2, 0.25) is 0 Å². The SMILES string of the molecule is Cc1c(S(=O)(=O)CC2CCNCC2)ccc2c1COC2=O.O=C(O)C(F)(F)F. The van der Waals surface area contributed by atoms with Gasteiger partial charge in [0.25, 0.3) is 0 Å². The Morgan fingerprint density at radius 2 is 1.86 bits per heavy atom. The lowest BCUT2D eigenvalue weighted by molar-refractivity contribution is -0.192. The van der Waals surface area contributed by atoms with Gasteiger partial charge in [0.1, 0.15) is 6.61 Å². The first-order chi connectivity index (χ1) is 12.9. The number of fused-ring (bicyclic) bond motifs is 1. The number of sulfone groups is 1. The van der Waals surface area contributed by atoms with Crippen molar-refractivity contribution < 1.29 is 41.0 Å². The van der Waals surface area contributed by atoms with Crippen LogP contribution in [0.25, 0.3) is 0 Å². The number of carboxylic acids is 1. The highest BCUT2D eigenvalue weighted by atomic mass is 32.2. The van der Waals surface area contributed by atoms with E-state index < -0.39 is 22.0 Å². The topological polar surface area (TPSA) is 110 Å². The molecule has 1 aromatic rings. The summed E-state index contributed by atoms with van der Waals surface area (Å²) in [5.41, 5.74) is 1.87. The highest BCUT2D eigenvalue weighted by Crippen LogP contribution is 2.30. The van der Waals surface area contributed by atoms with Gasteiger partial charge in [-0.25, -0.2) is 18.0 Å². The molecule has 156 valence electrons. The molecule has 2 aliphatic heterocycles. The Morgan fingerprint density at radius 1 is 1.29 bits per heavy atom. The van der Waals surface area contributed by atoms with Crippen molar-refractivity contribution in [2.45, 2.75) is 37.4 Å². The molecule has 0 radical (unpaired) electrons. The van der Waals surface area contributed by atoms with E-state index in [4.69, 9.17) is 14.6 Å². The number of cyclic esters (lactones) is 1. The maximum atomic E-state index is 12.7. The molecule has 1 fully saturated rings. The first kappa shape index (κ1) is 22.2. The minimum absolute atomic E-state index is 0.177. The van der Waals surface area contributed by atoms with Gasteiger partial charge in [-0.15, -0.1) is 0 Å². The van der Waals surface area contributed by atoms with Crippen LogP contribution in [0, 0.1) is 12.8 Å². The summed E-state index contributed by atoms with van der Waals surface area (Å²) in [7, 11) is -3.32. The first-order valence-corrected chi connectivity index (χ1v) is 10.1. The number of halogens is 3. The number of carboxylic acid groups (broad SMARTS) is 1. The lowest BCUT2D eigenvalue weighted by Crippen LogP contribution is -2.31. The lowest BCUT2D eigenvalue weighted by Gasteiger charge is -2.22. The Labute approximate surface area is 159 Å². The molecule has 2 N–H and O–H groups in total. The fourth-order valence-electron chi connectivity index (χ4n) is 3.11. The number of alkyl halides is 3. The van der Waals surface area contributed by atoms with Gasteiger partial charge in [0.05, 0.1) is 16.2 Å². The van der Waals surface area contributed by atoms with Crippen molar-refractivity contribution in [3.8, 4) is 0 Å². The molecule has 0 saturated carbocycles. The average Bonchev–Trinajstić information content (AvgIpc) is 2.97. The van der Waals surface area contributed by atoms with Crippen LogP contribution in [0.3, 0.4) is 0 Å². The summed E-state index contributed by atoms with van der Waals surface area (Å²) in [6, 6.07) is 3.13. The number of ether oxygens (including phenoxy) is 1. The second-order valence-corrected chi connectivity index (χ2v) is 8.57. The maximum absolute atomic E-state index is 12.7. The number of esters is 1. The molecule has 0 aliphatic carbocycles. The number of carbonyl (C=O) groups excluding carboxylic acids is 1. The number of hydrogen-bond donors (Lipinski definition) is 2. The minimum atomic E-state index is -5.08. The van der Waals surface area contributed by atoms with Crippen LogP contribution in [0.2, 0.25) is 0 Å². The predicted molar refractivity (Wildman–Crippen MR) is 91.6 cm³/mol. The molecular weight excluding hydrogens is 403 g/mol. The molecule has 11 heteroatoms. The highest BCUT2D eigenvalue weighted by molar-refractivity contribution is 7.91. The van der Waals surface area contributed by atoms with Crippen LogP contribution in [0.4, 0.5) is 13.2 Å². The van der Waals surface area contributed by atoms with Gasteiger partial charge in [-0.2, -0.15) is 13.2 Å². The molecular formula is C17H20F3NO6S. The number of rotatable bonds is 3. The third-order valence-electron chi connectivity index (χ3n) is 4.61. The second kappa shape index (κ2) is 8.48. The van der Waals surface area contributed by atoms with Gasteiger partial charge < -0.3 is 15.2 Å². The van der Waals surface area contributed by atoms with Crippen LogP contribution in [-0.4, -0.2) is 50.5 Å². The molecule has 0 aromatic heterocycles. The van der Waals surface area contributed by atoms with Crippen molar-refractivity contribution in [1.29, 1.82) is 0 Å². The van der Waals surface area contributed by atoms with Crippen LogP contribution < -0.4 is 5.32 Å². The molecule has 1 saturated heterocycles. The van der Waals surface area contributed by atoms with E-state index in [0.29, 0.717) is 21.6 Å². The van der Waals surface area contributed by atoms with E-state index in [1.807, 2.05) is 0 Å². The van der Waals surface area contributed by atoms with Crippen molar-refractivity contribution in [3.63, 3.8) is 0 Å². The van der Waals surface area contributed by atoms with Crippen molar-refractivity contribution >= 4 is 21.8 Å². The van der Waals surface area contributed by atoms with E-state index in [1.165, 1.54) is 0 Å². The molecule has 7 nitrogen and oxygen atoms in total. The standard InChI is InChI=1S/C15H19NO4S.C2HF3O2/c1-10-13-8-20-15(17)12(13)2-3-14(10)21(18,19)9-11-4-6-16-7-5-11;3-2(4,5)1(6)7/h2-3,11,16H,4-9H2,1H3;(H,6,7). The Kier molecular flexibility index (Phi) is 6.71. The quantitative estimate of drug-likeness (QED) is 0.717. The predicted octanol–water partition coefficient (Wildman–Crippen LogP) is 2.07. The molecule has 2 heterocycles. The van der Waals surface area contributed by atoms with Crippen molar-refractivity contribution in [3.05, 3.63) is 28.8 Å². The van der Waals surface area contributed by atoms with Crippen LogP contribution >= 0.6 is 0 Å². The van der Waals surface area contributed by atoms with Crippen molar-refractivity contribution in [2.75, 3.05) is 18.8 Å². The molecule has 2 aliphatic rings. The highest BCUT2D eigenvalue weighted by Gasteiger charge is 2.38. The van der Waals surface area contributed by atoms with E-state index in [9.17, 15) is 26.4 Å². The zero-order chi connectivity index (χ0) is 21.1. The summed E-state index contributed by atoms with van der Waals surface area (Å²) in [5.74, 6) is -2.73. The van der Waals surface area contributed by atoms with Crippen molar-refractivity contribution in [1.82, 2.24) is 5.32 Å². The van der Waals surface area contributed by atoms with E-state index in [1.54, 1.807) is 19.1 Å². The number of carbonyl (C=O) groups is 2. The zero-order valence-electron chi connectivity index (χ0n) is 15.0. The normalized spacial score (nSPS) is 17.4.